The molecule has 0 heterocycles. The van der Waals surface area contributed by atoms with Gasteiger partial charge in [0.1, 0.15) is 12.4 Å². The number of halogens is 1. The fourth-order valence-electron chi connectivity index (χ4n) is 1.82. The summed E-state index contributed by atoms with van der Waals surface area (Å²) in [7, 11) is 0. The molecule has 0 spiro atoms. The summed E-state index contributed by atoms with van der Waals surface area (Å²) in [5.74, 6) is 0.796. The third kappa shape index (κ3) is 3.84. The third-order valence-corrected chi connectivity index (χ3v) is 3.49. The van der Waals surface area contributed by atoms with Crippen LogP contribution in [0.3, 0.4) is 0 Å². The molecule has 0 aliphatic rings. The summed E-state index contributed by atoms with van der Waals surface area (Å²) in [6, 6.07) is 15.6. The fourth-order valence-corrected chi connectivity index (χ4v) is 2.09. The monoisotopic (exact) mass is 333 g/mol. The van der Waals surface area contributed by atoms with Crippen LogP contribution in [0.25, 0.3) is 0 Å². The zero-order chi connectivity index (χ0) is 14.4. The van der Waals surface area contributed by atoms with Crippen LogP contribution in [0.2, 0.25) is 0 Å². The summed E-state index contributed by atoms with van der Waals surface area (Å²) in [6.07, 6.45) is 0.690. The summed E-state index contributed by atoms with van der Waals surface area (Å²) in [5, 5.41) is 12.2. The van der Waals surface area contributed by atoms with Crippen LogP contribution in [0.5, 0.6) is 5.75 Å². The molecule has 2 aromatic rings. The Hall–Kier alpha value is -1.81. The first-order valence-corrected chi connectivity index (χ1v) is 7.21. The lowest BCUT2D eigenvalue weighted by molar-refractivity contribution is 0.306. The second kappa shape index (κ2) is 7.10. The highest BCUT2D eigenvalue weighted by Gasteiger charge is 2.02. The summed E-state index contributed by atoms with van der Waals surface area (Å²) in [4.78, 5) is 0. The fraction of sp³-hybridized carbons (Fsp3) is 0.188. The van der Waals surface area contributed by atoms with E-state index in [0.717, 1.165) is 21.3 Å². The summed E-state index contributed by atoms with van der Waals surface area (Å²) in [6.45, 7) is 2.48. The SMILES string of the molecule is CC/C(=N\O)c1ccc(OCc2ccc(Br)cc2)cc1. The molecule has 2 aromatic carbocycles. The van der Waals surface area contributed by atoms with Crippen molar-refractivity contribution in [1.29, 1.82) is 0 Å². The van der Waals surface area contributed by atoms with Crippen molar-refractivity contribution < 1.29 is 9.94 Å². The van der Waals surface area contributed by atoms with Crippen LogP contribution in [-0.2, 0) is 6.61 Å². The van der Waals surface area contributed by atoms with E-state index in [4.69, 9.17) is 9.94 Å². The first-order valence-electron chi connectivity index (χ1n) is 6.41. The Labute approximate surface area is 127 Å². The van der Waals surface area contributed by atoms with E-state index in [1.165, 1.54) is 0 Å². The van der Waals surface area contributed by atoms with E-state index in [1.807, 2.05) is 55.5 Å². The van der Waals surface area contributed by atoms with Crippen LogP contribution >= 0.6 is 15.9 Å². The molecule has 20 heavy (non-hydrogen) atoms. The lowest BCUT2D eigenvalue weighted by Gasteiger charge is -2.08. The van der Waals surface area contributed by atoms with Crippen molar-refractivity contribution in [3.8, 4) is 5.75 Å². The van der Waals surface area contributed by atoms with Gasteiger partial charge in [-0.2, -0.15) is 0 Å². The van der Waals surface area contributed by atoms with Crippen LogP contribution in [0.4, 0.5) is 0 Å². The molecule has 4 heteroatoms. The summed E-state index contributed by atoms with van der Waals surface area (Å²) in [5.41, 5.74) is 2.69. The van der Waals surface area contributed by atoms with Crippen molar-refractivity contribution in [2.45, 2.75) is 20.0 Å². The van der Waals surface area contributed by atoms with Gasteiger partial charge in [-0.3, -0.25) is 0 Å². The maximum atomic E-state index is 8.88. The average molecular weight is 334 g/mol. The van der Waals surface area contributed by atoms with Crippen molar-refractivity contribution in [3.63, 3.8) is 0 Å². The standard InChI is InChI=1S/C16H16BrNO2/c1-2-16(18-19)13-5-9-15(10-6-13)20-11-12-3-7-14(17)8-4-12/h3-10,19H,2,11H2,1H3/b18-16+. The van der Waals surface area contributed by atoms with Gasteiger partial charge < -0.3 is 9.94 Å². The van der Waals surface area contributed by atoms with E-state index >= 15 is 0 Å². The van der Waals surface area contributed by atoms with Crippen molar-refractivity contribution in [3.05, 3.63) is 64.1 Å². The normalized spacial score (nSPS) is 11.4. The zero-order valence-electron chi connectivity index (χ0n) is 11.2. The average Bonchev–Trinajstić information content (AvgIpc) is 2.49. The van der Waals surface area contributed by atoms with Crippen LogP contribution < -0.4 is 4.74 Å². The van der Waals surface area contributed by atoms with Gasteiger partial charge in [0.05, 0.1) is 5.71 Å². The molecular formula is C16H16BrNO2. The van der Waals surface area contributed by atoms with Gasteiger partial charge in [0, 0.05) is 4.47 Å². The highest BCUT2D eigenvalue weighted by molar-refractivity contribution is 9.10. The van der Waals surface area contributed by atoms with Crippen molar-refractivity contribution in [2.75, 3.05) is 0 Å². The minimum atomic E-state index is 0.529. The first-order chi connectivity index (χ1) is 9.72. The Balaban J connectivity index is 1.99. The number of rotatable bonds is 5. The molecule has 0 amide bonds. The van der Waals surface area contributed by atoms with Gasteiger partial charge in [-0.05, 0) is 53.9 Å². The Morgan fingerprint density at radius 2 is 1.75 bits per heavy atom. The molecule has 0 fully saturated rings. The van der Waals surface area contributed by atoms with E-state index in [1.54, 1.807) is 0 Å². The van der Waals surface area contributed by atoms with Crippen LogP contribution in [0.1, 0.15) is 24.5 Å². The molecule has 0 saturated heterocycles. The molecule has 0 saturated carbocycles. The van der Waals surface area contributed by atoms with Gasteiger partial charge in [0.15, 0.2) is 0 Å². The van der Waals surface area contributed by atoms with Crippen molar-refractivity contribution in [1.82, 2.24) is 0 Å². The predicted molar refractivity (Wildman–Crippen MR) is 83.5 cm³/mol. The van der Waals surface area contributed by atoms with Gasteiger partial charge in [-0.25, -0.2) is 0 Å². The second-order valence-electron chi connectivity index (χ2n) is 4.34. The molecule has 104 valence electrons. The molecule has 0 unspecified atom stereocenters. The first kappa shape index (κ1) is 14.6. The molecule has 3 nitrogen and oxygen atoms in total. The molecule has 0 radical (unpaired) electrons. The number of nitrogens with zero attached hydrogens (tertiary/aromatic N) is 1. The number of hydrogen-bond donors (Lipinski definition) is 1. The zero-order valence-corrected chi connectivity index (χ0v) is 12.8. The molecule has 1 N–H and O–H groups in total. The predicted octanol–water partition coefficient (Wildman–Crippen LogP) is 4.62. The van der Waals surface area contributed by atoms with Crippen LogP contribution in [0, 0.1) is 0 Å². The van der Waals surface area contributed by atoms with Crippen molar-refractivity contribution in [2.24, 2.45) is 5.16 Å². The Kier molecular flexibility index (Phi) is 5.18. The van der Waals surface area contributed by atoms with Crippen molar-refractivity contribution >= 4 is 21.6 Å². The maximum absolute atomic E-state index is 8.88. The molecule has 0 atom stereocenters. The van der Waals surface area contributed by atoms with E-state index in [2.05, 4.69) is 21.1 Å². The largest absolute Gasteiger partial charge is 0.489 e. The van der Waals surface area contributed by atoms with Gasteiger partial charge >= 0.3 is 0 Å². The molecular weight excluding hydrogens is 318 g/mol. The quantitative estimate of drug-likeness (QED) is 0.493. The minimum absolute atomic E-state index is 0.529. The molecule has 0 aliphatic heterocycles. The number of benzene rings is 2. The van der Waals surface area contributed by atoms with E-state index in [0.29, 0.717) is 18.7 Å². The lowest BCUT2D eigenvalue weighted by Crippen LogP contribution is -1.99. The highest BCUT2D eigenvalue weighted by atomic mass is 79.9. The summed E-state index contributed by atoms with van der Waals surface area (Å²) < 4.78 is 6.77. The van der Waals surface area contributed by atoms with Gasteiger partial charge in [-0.1, -0.05) is 40.1 Å². The topological polar surface area (TPSA) is 41.8 Å². The van der Waals surface area contributed by atoms with E-state index in [9.17, 15) is 0 Å². The molecule has 0 aromatic heterocycles. The number of oxime groups is 1. The number of ether oxygens (including phenoxy) is 1. The second-order valence-corrected chi connectivity index (χ2v) is 5.26. The highest BCUT2D eigenvalue weighted by Crippen LogP contribution is 2.16. The van der Waals surface area contributed by atoms with Crippen LogP contribution in [0.15, 0.2) is 58.2 Å². The Bertz CT molecular complexity index is 576. The van der Waals surface area contributed by atoms with Gasteiger partial charge in [0.2, 0.25) is 0 Å². The van der Waals surface area contributed by atoms with E-state index < -0.39 is 0 Å². The summed E-state index contributed by atoms with van der Waals surface area (Å²) >= 11 is 3.40. The van der Waals surface area contributed by atoms with Crippen LogP contribution in [-0.4, -0.2) is 10.9 Å². The Morgan fingerprint density at radius 1 is 1.10 bits per heavy atom. The molecule has 0 aliphatic carbocycles. The van der Waals surface area contributed by atoms with Gasteiger partial charge in [0.25, 0.3) is 0 Å². The third-order valence-electron chi connectivity index (χ3n) is 2.96. The lowest BCUT2D eigenvalue weighted by atomic mass is 10.1. The minimum Gasteiger partial charge on any atom is -0.489 e. The number of hydrogen-bond acceptors (Lipinski definition) is 3. The smallest absolute Gasteiger partial charge is 0.119 e. The van der Waals surface area contributed by atoms with E-state index in [-0.39, 0.29) is 0 Å². The Morgan fingerprint density at radius 3 is 2.30 bits per heavy atom. The molecule has 2 rings (SSSR count). The molecule has 0 bridgehead atoms. The maximum Gasteiger partial charge on any atom is 0.119 e. The van der Waals surface area contributed by atoms with Gasteiger partial charge in [-0.15, -0.1) is 0 Å².